The number of benzene rings is 2. The summed E-state index contributed by atoms with van der Waals surface area (Å²) in [4.78, 5) is 14.7. The number of carbonyl (C=O) groups excluding carboxylic acids is 1. The van der Waals surface area contributed by atoms with Crippen LogP contribution in [0.5, 0.6) is 0 Å². The van der Waals surface area contributed by atoms with E-state index in [0.717, 1.165) is 17.5 Å². The van der Waals surface area contributed by atoms with E-state index in [4.69, 9.17) is 0 Å². The average Bonchev–Trinajstić information content (AvgIpc) is 3.31. The van der Waals surface area contributed by atoms with Crippen LogP contribution in [-0.4, -0.2) is 40.4 Å². The Morgan fingerprint density at radius 1 is 1.19 bits per heavy atom. The van der Waals surface area contributed by atoms with Gasteiger partial charge in [-0.1, -0.05) is 42.5 Å². The molecule has 2 aliphatic rings. The summed E-state index contributed by atoms with van der Waals surface area (Å²) in [5, 5.41) is 0. The van der Waals surface area contributed by atoms with Crippen molar-refractivity contribution in [1.29, 1.82) is 0 Å². The molecular formula is C21H23FN2O2S. The van der Waals surface area contributed by atoms with E-state index in [0.29, 0.717) is 25.1 Å². The van der Waals surface area contributed by atoms with Gasteiger partial charge in [-0.15, -0.1) is 0 Å². The van der Waals surface area contributed by atoms with Crippen LogP contribution in [-0.2, 0) is 15.8 Å². The number of amides is 1. The second kappa shape index (κ2) is 7.52. The topological polar surface area (TPSA) is 49.4 Å². The van der Waals surface area contributed by atoms with Gasteiger partial charge in [-0.05, 0) is 41.5 Å². The van der Waals surface area contributed by atoms with Crippen molar-refractivity contribution < 1.29 is 13.4 Å². The van der Waals surface area contributed by atoms with E-state index in [2.05, 4.69) is 4.72 Å². The minimum atomic E-state index is -1.08. The molecule has 1 saturated heterocycles. The molecule has 0 aromatic heterocycles. The Morgan fingerprint density at radius 2 is 1.96 bits per heavy atom. The van der Waals surface area contributed by atoms with Gasteiger partial charge in [-0.25, -0.2) is 13.3 Å². The fourth-order valence-electron chi connectivity index (χ4n) is 4.10. The maximum Gasteiger partial charge on any atom is 0.226 e. The Morgan fingerprint density at radius 3 is 2.70 bits per heavy atom. The zero-order valence-electron chi connectivity index (χ0n) is 15.2. The summed E-state index contributed by atoms with van der Waals surface area (Å²) in [6.07, 6.45) is 3.09. The molecule has 4 atom stereocenters. The zero-order valence-corrected chi connectivity index (χ0v) is 16.0. The molecule has 0 bridgehead atoms. The van der Waals surface area contributed by atoms with Gasteiger partial charge in [0.1, 0.15) is 5.82 Å². The molecule has 0 radical (unpaired) electrons. The summed E-state index contributed by atoms with van der Waals surface area (Å²) in [5.41, 5.74) is 2.50. The number of nitrogens with one attached hydrogen (secondary N) is 1. The summed E-state index contributed by atoms with van der Waals surface area (Å²) in [5.74, 6) is -0.371. The molecule has 2 aromatic carbocycles. The van der Waals surface area contributed by atoms with Crippen LogP contribution < -0.4 is 4.72 Å². The Labute approximate surface area is 161 Å². The first-order valence-electron chi connectivity index (χ1n) is 9.27. The Balaban J connectivity index is 1.51. The van der Waals surface area contributed by atoms with Crippen molar-refractivity contribution >= 4 is 16.9 Å². The average molecular weight is 386 g/mol. The van der Waals surface area contributed by atoms with E-state index < -0.39 is 11.0 Å². The number of likely N-dealkylation sites (tertiary alicyclic amines) is 1. The Kier molecular flexibility index (Phi) is 5.10. The fourth-order valence-corrected chi connectivity index (χ4v) is 4.76. The first-order chi connectivity index (χ1) is 13.0. The van der Waals surface area contributed by atoms with Crippen LogP contribution in [0, 0.1) is 11.7 Å². The normalized spacial score (nSPS) is 25.4. The van der Waals surface area contributed by atoms with Gasteiger partial charge >= 0.3 is 0 Å². The molecule has 1 aliphatic carbocycles. The van der Waals surface area contributed by atoms with Crippen molar-refractivity contribution in [2.45, 2.75) is 24.8 Å². The number of hydrogen-bond donors (Lipinski definition) is 1. The summed E-state index contributed by atoms with van der Waals surface area (Å²) >= 11 is 0. The van der Waals surface area contributed by atoms with E-state index >= 15 is 0 Å². The number of hydrogen-bond acceptors (Lipinski definition) is 2. The van der Waals surface area contributed by atoms with Crippen molar-refractivity contribution in [2.24, 2.45) is 5.92 Å². The van der Waals surface area contributed by atoms with Crippen molar-refractivity contribution in [1.82, 2.24) is 9.62 Å². The van der Waals surface area contributed by atoms with Crippen LogP contribution in [0.4, 0.5) is 4.39 Å². The highest BCUT2D eigenvalue weighted by Crippen LogP contribution is 2.52. The molecule has 1 aliphatic heterocycles. The molecule has 4 nitrogen and oxygen atoms in total. The lowest BCUT2D eigenvalue weighted by atomic mass is 9.95. The molecule has 2 aromatic rings. The van der Waals surface area contributed by atoms with Crippen molar-refractivity contribution in [3.63, 3.8) is 0 Å². The number of halogens is 1. The molecule has 6 heteroatoms. The number of nitrogens with zero attached hydrogens (tertiary/aromatic N) is 1. The van der Waals surface area contributed by atoms with Gasteiger partial charge in [0.2, 0.25) is 5.91 Å². The first-order valence-corrected chi connectivity index (χ1v) is 10.8. The van der Waals surface area contributed by atoms with Gasteiger partial charge in [-0.3, -0.25) is 4.79 Å². The number of rotatable bonds is 5. The lowest BCUT2D eigenvalue weighted by Crippen LogP contribution is -2.36. The quantitative estimate of drug-likeness (QED) is 0.859. The minimum Gasteiger partial charge on any atom is -0.341 e. The van der Waals surface area contributed by atoms with E-state index in [1.54, 1.807) is 12.3 Å². The standard InChI is InChI=1S/C21H23FN2O2S/c1-27(26)23-15-10-11-24(13-15)21(25)18-12-17(18)20-16(8-5-9-19(20)22)14-6-3-2-4-7-14/h2-9,15,17-18,23H,10-13H2,1H3. The SMILES string of the molecule is CS(=O)NC1CCN(C(=O)C2CC2c2c(F)cccc2-c2ccccc2)C1. The summed E-state index contributed by atoms with van der Waals surface area (Å²) < 4.78 is 29.0. The molecule has 4 unspecified atom stereocenters. The summed E-state index contributed by atoms with van der Waals surface area (Å²) in [6, 6.07) is 15.0. The van der Waals surface area contributed by atoms with Gasteiger partial charge in [0.05, 0.1) is 11.0 Å². The summed E-state index contributed by atoms with van der Waals surface area (Å²) in [7, 11) is -1.08. The molecule has 4 rings (SSSR count). The predicted octanol–water partition coefficient (Wildman–Crippen LogP) is 3.08. The van der Waals surface area contributed by atoms with Crippen molar-refractivity contribution in [3.8, 4) is 11.1 Å². The Hall–Kier alpha value is -2.05. The third kappa shape index (κ3) is 3.82. The molecule has 2 fully saturated rings. The third-order valence-electron chi connectivity index (χ3n) is 5.45. The second-order valence-electron chi connectivity index (χ2n) is 7.36. The summed E-state index contributed by atoms with van der Waals surface area (Å²) in [6.45, 7) is 1.24. The highest BCUT2D eigenvalue weighted by atomic mass is 32.2. The molecule has 1 heterocycles. The molecule has 1 amide bonds. The van der Waals surface area contributed by atoms with Gasteiger partial charge < -0.3 is 4.90 Å². The monoisotopic (exact) mass is 386 g/mol. The van der Waals surface area contributed by atoms with Crippen LogP contribution in [0.15, 0.2) is 48.5 Å². The smallest absolute Gasteiger partial charge is 0.226 e. The van der Waals surface area contributed by atoms with Crippen LogP contribution in [0.2, 0.25) is 0 Å². The fraction of sp³-hybridized carbons (Fsp3) is 0.381. The van der Waals surface area contributed by atoms with E-state index in [-0.39, 0.29) is 29.6 Å². The van der Waals surface area contributed by atoms with Crippen LogP contribution in [0.25, 0.3) is 11.1 Å². The van der Waals surface area contributed by atoms with Crippen LogP contribution in [0.1, 0.15) is 24.3 Å². The molecular weight excluding hydrogens is 363 g/mol. The van der Waals surface area contributed by atoms with Crippen LogP contribution >= 0.6 is 0 Å². The van der Waals surface area contributed by atoms with Crippen molar-refractivity contribution in [2.75, 3.05) is 19.3 Å². The van der Waals surface area contributed by atoms with E-state index in [1.807, 2.05) is 41.3 Å². The number of carbonyl (C=O) groups is 1. The highest BCUT2D eigenvalue weighted by Gasteiger charge is 2.48. The van der Waals surface area contributed by atoms with Gasteiger partial charge in [0.25, 0.3) is 0 Å². The predicted molar refractivity (Wildman–Crippen MR) is 105 cm³/mol. The van der Waals surface area contributed by atoms with Gasteiger partial charge in [-0.2, -0.15) is 0 Å². The van der Waals surface area contributed by atoms with Gasteiger partial charge in [0.15, 0.2) is 0 Å². The largest absolute Gasteiger partial charge is 0.341 e. The Bertz CT molecular complexity index is 874. The lowest BCUT2D eigenvalue weighted by molar-refractivity contribution is -0.131. The second-order valence-corrected chi connectivity index (χ2v) is 8.50. The third-order valence-corrected chi connectivity index (χ3v) is 6.11. The lowest BCUT2D eigenvalue weighted by Gasteiger charge is -2.17. The zero-order chi connectivity index (χ0) is 19.0. The first kappa shape index (κ1) is 18.3. The van der Waals surface area contributed by atoms with Gasteiger partial charge in [0, 0.05) is 31.3 Å². The maximum atomic E-state index is 14.7. The van der Waals surface area contributed by atoms with E-state index in [1.165, 1.54) is 6.07 Å². The highest BCUT2D eigenvalue weighted by molar-refractivity contribution is 7.82. The van der Waals surface area contributed by atoms with Crippen molar-refractivity contribution in [3.05, 3.63) is 59.9 Å². The maximum absolute atomic E-state index is 14.7. The molecule has 1 N–H and O–H groups in total. The molecule has 0 spiro atoms. The molecule has 1 saturated carbocycles. The van der Waals surface area contributed by atoms with E-state index in [9.17, 15) is 13.4 Å². The van der Waals surface area contributed by atoms with Crippen LogP contribution in [0.3, 0.4) is 0 Å². The molecule has 27 heavy (non-hydrogen) atoms. The minimum absolute atomic E-state index is 0.0683. The molecule has 142 valence electrons.